The third-order valence-corrected chi connectivity index (χ3v) is 2.97. The lowest BCUT2D eigenvalue weighted by molar-refractivity contribution is -0.153. The Kier molecular flexibility index (Phi) is 4.73. The molecule has 1 amide bonds. The molecule has 1 saturated heterocycles. The number of ether oxygens (including phenoxy) is 1. The first-order valence-corrected chi connectivity index (χ1v) is 5.67. The summed E-state index contributed by atoms with van der Waals surface area (Å²) in [5.74, 6) is -0.863. The zero-order chi connectivity index (χ0) is 12.1. The SMILES string of the molecule is CCC(C)N1C(=O)COCC1CCC(=O)O. The molecule has 92 valence electrons. The summed E-state index contributed by atoms with van der Waals surface area (Å²) in [4.78, 5) is 24.0. The molecule has 0 saturated carbocycles. The molecule has 0 spiro atoms. The first-order valence-electron chi connectivity index (χ1n) is 5.67. The van der Waals surface area contributed by atoms with Crippen LogP contribution in [0.3, 0.4) is 0 Å². The number of carbonyl (C=O) groups is 2. The minimum absolute atomic E-state index is 0.0315. The van der Waals surface area contributed by atoms with Crippen molar-refractivity contribution in [1.82, 2.24) is 4.90 Å². The number of rotatable bonds is 5. The van der Waals surface area contributed by atoms with Crippen LogP contribution in [0.2, 0.25) is 0 Å². The molecule has 16 heavy (non-hydrogen) atoms. The minimum atomic E-state index is -0.831. The fraction of sp³-hybridized carbons (Fsp3) is 0.818. The third-order valence-electron chi connectivity index (χ3n) is 2.97. The van der Waals surface area contributed by atoms with Crippen LogP contribution in [0, 0.1) is 0 Å². The lowest BCUT2D eigenvalue weighted by Gasteiger charge is -2.39. The highest BCUT2D eigenvalue weighted by atomic mass is 16.5. The number of hydrogen-bond donors (Lipinski definition) is 1. The van der Waals surface area contributed by atoms with Gasteiger partial charge in [-0.05, 0) is 19.8 Å². The number of aliphatic carboxylic acids is 1. The average molecular weight is 229 g/mol. The van der Waals surface area contributed by atoms with Crippen LogP contribution in [0.5, 0.6) is 0 Å². The molecule has 0 aromatic carbocycles. The molecular formula is C11H19NO4. The van der Waals surface area contributed by atoms with Crippen molar-refractivity contribution in [2.75, 3.05) is 13.2 Å². The van der Waals surface area contributed by atoms with Gasteiger partial charge in [0.25, 0.3) is 0 Å². The number of carbonyl (C=O) groups excluding carboxylic acids is 1. The fourth-order valence-corrected chi connectivity index (χ4v) is 1.96. The largest absolute Gasteiger partial charge is 0.481 e. The zero-order valence-corrected chi connectivity index (χ0v) is 9.81. The van der Waals surface area contributed by atoms with Gasteiger partial charge in [-0.25, -0.2) is 0 Å². The number of carboxylic acid groups (broad SMARTS) is 1. The Labute approximate surface area is 95.4 Å². The maximum Gasteiger partial charge on any atom is 0.303 e. The van der Waals surface area contributed by atoms with Gasteiger partial charge in [-0.15, -0.1) is 0 Å². The van der Waals surface area contributed by atoms with Crippen LogP contribution in [0.1, 0.15) is 33.1 Å². The average Bonchev–Trinajstić information content (AvgIpc) is 2.25. The van der Waals surface area contributed by atoms with Crippen LogP contribution in [-0.2, 0) is 14.3 Å². The lowest BCUT2D eigenvalue weighted by atomic mass is 10.1. The monoisotopic (exact) mass is 229 g/mol. The molecule has 1 aliphatic heterocycles. The Morgan fingerprint density at radius 1 is 1.69 bits per heavy atom. The van der Waals surface area contributed by atoms with Crippen molar-refractivity contribution in [2.45, 2.75) is 45.2 Å². The second-order valence-electron chi connectivity index (χ2n) is 4.16. The summed E-state index contributed by atoms with van der Waals surface area (Å²) in [7, 11) is 0. The van der Waals surface area contributed by atoms with Gasteiger partial charge in [-0.1, -0.05) is 6.92 Å². The fourth-order valence-electron chi connectivity index (χ4n) is 1.96. The van der Waals surface area contributed by atoms with Crippen LogP contribution >= 0.6 is 0 Å². The highest BCUT2D eigenvalue weighted by molar-refractivity contribution is 5.78. The van der Waals surface area contributed by atoms with Crippen LogP contribution < -0.4 is 0 Å². The topological polar surface area (TPSA) is 66.8 Å². The Morgan fingerprint density at radius 2 is 2.38 bits per heavy atom. The predicted octanol–water partition coefficient (Wildman–Crippen LogP) is 0.877. The first kappa shape index (κ1) is 13.0. The molecule has 0 bridgehead atoms. The van der Waals surface area contributed by atoms with E-state index >= 15 is 0 Å². The lowest BCUT2D eigenvalue weighted by Crippen LogP contribution is -2.53. The van der Waals surface area contributed by atoms with Crippen molar-refractivity contribution in [1.29, 1.82) is 0 Å². The molecule has 0 aromatic heterocycles. The van der Waals surface area contributed by atoms with Gasteiger partial charge in [0.15, 0.2) is 0 Å². The Morgan fingerprint density at radius 3 is 2.94 bits per heavy atom. The van der Waals surface area contributed by atoms with Crippen LogP contribution in [-0.4, -0.2) is 47.2 Å². The van der Waals surface area contributed by atoms with E-state index < -0.39 is 5.97 Å². The van der Waals surface area contributed by atoms with Crippen LogP contribution in [0.25, 0.3) is 0 Å². The van der Waals surface area contributed by atoms with E-state index in [1.807, 2.05) is 13.8 Å². The Hall–Kier alpha value is -1.10. The Bertz CT molecular complexity index is 267. The highest BCUT2D eigenvalue weighted by Gasteiger charge is 2.31. The highest BCUT2D eigenvalue weighted by Crippen LogP contribution is 2.18. The number of morpholine rings is 1. The van der Waals surface area contributed by atoms with E-state index in [4.69, 9.17) is 9.84 Å². The Balaban J connectivity index is 2.63. The molecule has 5 heteroatoms. The molecule has 2 atom stereocenters. The molecule has 1 heterocycles. The van der Waals surface area contributed by atoms with Crippen LogP contribution in [0.15, 0.2) is 0 Å². The van der Waals surface area contributed by atoms with Crippen molar-refractivity contribution >= 4 is 11.9 Å². The summed E-state index contributed by atoms with van der Waals surface area (Å²) < 4.78 is 5.17. The molecule has 1 aliphatic rings. The smallest absolute Gasteiger partial charge is 0.303 e. The number of hydrogen-bond acceptors (Lipinski definition) is 3. The van der Waals surface area contributed by atoms with Gasteiger partial charge in [-0.2, -0.15) is 0 Å². The first-order chi connectivity index (χ1) is 7.56. The maximum absolute atomic E-state index is 11.7. The van der Waals surface area contributed by atoms with Crippen molar-refractivity contribution in [3.8, 4) is 0 Å². The summed E-state index contributed by atoms with van der Waals surface area (Å²) in [5, 5.41) is 8.65. The van der Waals surface area contributed by atoms with Gasteiger partial charge in [0.1, 0.15) is 6.61 Å². The van der Waals surface area contributed by atoms with E-state index in [1.54, 1.807) is 4.90 Å². The molecule has 1 rings (SSSR count). The molecule has 1 fully saturated rings. The molecule has 5 nitrogen and oxygen atoms in total. The summed E-state index contributed by atoms with van der Waals surface area (Å²) in [5.41, 5.74) is 0. The quantitative estimate of drug-likeness (QED) is 0.759. The van der Waals surface area contributed by atoms with E-state index in [9.17, 15) is 9.59 Å². The summed E-state index contributed by atoms with van der Waals surface area (Å²) >= 11 is 0. The summed E-state index contributed by atoms with van der Waals surface area (Å²) in [6.07, 6.45) is 1.41. The normalized spacial score (nSPS) is 23.2. The van der Waals surface area contributed by atoms with Crippen molar-refractivity contribution in [3.63, 3.8) is 0 Å². The van der Waals surface area contributed by atoms with Crippen molar-refractivity contribution in [2.24, 2.45) is 0 Å². The van der Waals surface area contributed by atoms with Gasteiger partial charge in [0.05, 0.1) is 12.6 Å². The molecule has 0 radical (unpaired) electrons. The number of amides is 1. The van der Waals surface area contributed by atoms with E-state index in [1.165, 1.54) is 0 Å². The van der Waals surface area contributed by atoms with Gasteiger partial charge in [-0.3, -0.25) is 9.59 Å². The summed E-state index contributed by atoms with van der Waals surface area (Å²) in [6.45, 7) is 4.57. The van der Waals surface area contributed by atoms with Gasteiger partial charge >= 0.3 is 5.97 Å². The number of carboxylic acids is 1. The van der Waals surface area contributed by atoms with E-state index in [-0.39, 0.29) is 31.0 Å². The minimum Gasteiger partial charge on any atom is -0.481 e. The number of nitrogens with zero attached hydrogens (tertiary/aromatic N) is 1. The standard InChI is InChI=1S/C11H19NO4/c1-3-8(2)12-9(4-5-11(14)15)6-16-7-10(12)13/h8-9H,3-7H2,1-2H3,(H,14,15). The van der Waals surface area contributed by atoms with Crippen LogP contribution in [0.4, 0.5) is 0 Å². The van der Waals surface area contributed by atoms with Gasteiger partial charge < -0.3 is 14.7 Å². The van der Waals surface area contributed by atoms with Gasteiger partial charge in [0, 0.05) is 12.5 Å². The molecular weight excluding hydrogens is 210 g/mol. The van der Waals surface area contributed by atoms with Crippen molar-refractivity contribution < 1.29 is 19.4 Å². The molecule has 2 unspecified atom stereocenters. The van der Waals surface area contributed by atoms with Gasteiger partial charge in [0.2, 0.25) is 5.91 Å². The van der Waals surface area contributed by atoms with E-state index in [0.29, 0.717) is 13.0 Å². The molecule has 0 aliphatic carbocycles. The maximum atomic E-state index is 11.7. The second-order valence-corrected chi connectivity index (χ2v) is 4.16. The van der Waals surface area contributed by atoms with E-state index in [2.05, 4.69) is 0 Å². The molecule has 1 N–H and O–H groups in total. The zero-order valence-electron chi connectivity index (χ0n) is 9.81. The third kappa shape index (κ3) is 3.20. The van der Waals surface area contributed by atoms with E-state index in [0.717, 1.165) is 6.42 Å². The summed E-state index contributed by atoms with van der Waals surface area (Å²) in [6, 6.07) is 0.0579. The second kappa shape index (κ2) is 5.84. The van der Waals surface area contributed by atoms with Crippen molar-refractivity contribution in [3.05, 3.63) is 0 Å². The predicted molar refractivity (Wildman–Crippen MR) is 58.1 cm³/mol. The molecule has 0 aromatic rings.